The third kappa shape index (κ3) is 3.73. The molecule has 0 spiro atoms. The Bertz CT molecular complexity index is 917. The molecule has 128 valence electrons. The summed E-state index contributed by atoms with van der Waals surface area (Å²) in [6.07, 6.45) is 5.42. The third-order valence-corrected chi connectivity index (χ3v) is 4.36. The van der Waals surface area contributed by atoms with E-state index in [0.717, 1.165) is 16.8 Å². The van der Waals surface area contributed by atoms with Crippen LogP contribution in [0.2, 0.25) is 0 Å². The van der Waals surface area contributed by atoms with Gasteiger partial charge in [-0.25, -0.2) is 4.98 Å². The fourth-order valence-corrected chi connectivity index (χ4v) is 3.00. The molecule has 4 rings (SSSR count). The van der Waals surface area contributed by atoms with Crippen LogP contribution in [0.1, 0.15) is 22.8 Å². The molecule has 0 N–H and O–H groups in total. The van der Waals surface area contributed by atoms with E-state index in [0.29, 0.717) is 6.61 Å². The van der Waals surface area contributed by atoms with Gasteiger partial charge >= 0.3 is 0 Å². The molecule has 1 aromatic heterocycles. The Balaban J connectivity index is 1.60. The van der Waals surface area contributed by atoms with E-state index >= 15 is 0 Å². The molecule has 3 heteroatoms. The van der Waals surface area contributed by atoms with Crippen LogP contribution in [0.25, 0.3) is 5.69 Å². The van der Waals surface area contributed by atoms with Gasteiger partial charge in [0.05, 0.1) is 12.9 Å². The van der Waals surface area contributed by atoms with Gasteiger partial charge in [0.1, 0.15) is 6.10 Å². The molecular formula is C23H20N2O. The van der Waals surface area contributed by atoms with E-state index in [2.05, 4.69) is 53.5 Å². The van der Waals surface area contributed by atoms with Gasteiger partial charge in [-0.1, -0.05) is 72.8 Å². The first kappa shape index (κ1) is 16.3. The van der Waals surface area contributed by atoms with E-state index < -0.39 is 0 Å². The molecule has 1 atom stereocenters. The Morgan fingerprint density at radius 3 is 2.08 bits per heavy atom. The Morgan fingerprint density at radius 1 is 0.769 bits per heavy atom. The van der Waals surface area contributed by atoms with Crippen LogP contribution < -0.4 is 0 Å². The van der Waals surface area contributed by atoms with E-state index in [1.807, 2.05) is 47.2 Å². The first-order chi connectivity index (χ1) is 12.9. The zero-order valence-corrected chi connectivity index (χ0v) is 14.4. The van der Waals surface area contributed by atoms with Crippen LogP contribution in [-0.4, -0.2) is 9.55 Å². The highest BCUT2D eigenvalue weighted by Gasteiger charge is 2.15. The highest BCUT2D eigenvalue weighted by Crippen LogP contribution is 2.28. The average molecular weight is 340 g/mol. The summed E-state index contributed by atoms with van der Waals surface area (Å²) in [5, 5.41) is 0. The lowest BCUT2D eigenvalue weighted by Gasteiger charge is -2.19. The van der Waals surface area contributed by atoms with Crippen molar-refractivity contribution in [2.45, 2.75) is 12.7 Å². The number of imidazole rings is 1. The second-order valence-corrected chi connectivity index (χ2v) is 6.15. The molecule has 0 fully saturated rings. The van der Waals surface area contributed by atoms with Crippen LogP contribution in [0.5, 0.6) is 0 Å². The minimum Gasteiger partial charge on any atom is -0.364 e. The maximum Gasteiger partial charge on any atom is 0.108 e. The van der Waals surface area contributed by atoms with Crippen molar-refractivity contribution in [3.63, 3.8) is 0 Å². The SMILES string of the molecule is c1ccc(COC(c2ccccc2)c2ccc(-n3ccnc3)cc2)cc1. The Labute approximate surface area is 153 Å². The van der Waals surface area contributed by atoms with E-state index in [4.69, 9.17) is 4.74 Å². The predicted octanol–water partition coefficient (Wildman–Crippen LogP) is 5.18. The Hall–Kier alpha value is -3.17. The third-order valence-electron chi connectivity index (χ3n) is 4.36. The van der Waals surface area contributed by atoms with E-state index in [1.54, 1.807) is 12.5 Å². The van der Waals surface area contributed by atoms with Crippen molar-refractivity contribution < 1.29 is 4.74 Å². The Morgan fingerprint density at radius 2 is 1.42 bits per heavy atom. The van der Waals surface area contributed by atoms with Crippen molar-refractivity contribution in [2.75, 3.05) is 0 Å². The summed E-state index contributed by atoms with van der Waals surface area (Å²) in [6.45, 7) is 0.573. The van der Waals surface area contributed by atoms with Gasteiger partial charge in [0.15, 0.2) is 0 Å². The van der Waals surface area contributed by atoms with E-state index in [9.17, 15) is 0 Å². The normalized spacial score (nSPS) is 12.0. The lowest BCUT2D eigenvalue weighted by molar-refractivity contribution is 0.0667. The van der Waals surface area contributed by atoms with Crippen LogP contribution in [0.4, 0.5) is 0 Å². The van der Waals surface area contributed by atoms with Gasteiger partial charge in [-0.05, 0) is 28.8 Å². The Kier molecular flexibility index (Phi) is 4.90. The van der Waals surface area contributed by atoms with E-state index in [-0.39, 0.29) is 6.10 Å². The molecule has 0 saturated carbocycles. The van der Waals surface area contributed by atoms with Crippen molar-refractivity contribution in [1.82, 2.24) is 9.55 Å². The molecule has 1 heterocycles. The minimum absolute atomic E-state index is 0.103. The molecule has 0 amide bonds. The maximum atomic E-state index is 6.31. The first-order valence-electron chi connectivity index (χ1n) is 8.69. The fraction of sp³-hybridized carbons (Fsp3) is 0.0870. The van der Waals surface area contributed by atoms with Gasteiger partial charge in [-0.15, -0.1) is 0 Å². The predicted molar refractivity (Wildman–Crippen MR) is 103 cm³/mol. The molecular weight excluding hydrogens is 320 g/mol. The van der Waals surface area contributed by atoms with Crippen molar-refractivity contribution in [3.05, 3.63) is 120 Å². The summed E-state index contributed by atoms with van der Waals surface area (Å²) >= 11 is 0. The minimum atomic E-state index is -0.103. The smallest absolute Gasteiger partial charge is 0.108 e. The highest BCUT2D eigenvalue weighted by atomic mass is 16.5. The van der Waals surface area contributed by atoms with Crippen LogP contribution in [0.3, 0.4) is 0 Å². The zero-order chi connectivity index (χ0) is 17.6. The molecule has 4 aromatic rings. The first-order valence-corrected chi connectivity index (χ1v) is 8.69. The van der Waals surface area contributed by atoms with Crippen LogP contribution >= 0.6 is 0 Å². The summed E-state index contributed by atoms with van der Waals surface area (Å²) in [6, 6.07) is 29.1. The molecule has 0 radical (unpaired) electrons. The highest BCUT2D eigenvalue weighted by molar-refractivity contribution is 5.38. The second-order valence-electron chi connectivity index (χ2n) is 6.15. The standard InChI is InChI=1S/C23H20N2O/c1-3-7-19(8-4-1)17-26-23(20-9-5-2-6-10-20)21-11-13-22(14-12-21)25-16-15-24-18-25/h1-16,18,23H,17H2. The second kappa shape index (κ2) is 7.81. The lowest BCUT2D eigenvalue weighted by atomic mass is 10.0. The van der Waals surface area contributed by atoms with Gasteiger partial charge in [0.25, 0.3) is 0 Å². The monoisotopic (exact) mass is 340 g/mol. The average Bonchev–Trinajstić information content (AvgIpc) is 3.25. The van der Waals surface area contributed by atoms with Gasteiger partial charge < -0.3 is 9.30 Å². The summed E-state index contributed by atoms with van der Waals surface area (Å²) in [4.78, 5) is 4.10. The molecule has 3 aromatic carbocycles. The summed E-state index contributed by atoms with van der Waals surface area (Å²) in [5.41, 5.74) is 4.54. The molecule has 26 heavy (non-hydrogen) atoms. The number of rotatable bonds is 6. The van der Waals surface area contributed by atoms with Gasteiger partial charge in [-0.2, -0.15) is 0 Å². The van der Waals surface area contributed by atoms with Crippen LogP contribution in [0, 0.1) is 0 Å². The topological polar surface area (TPSA) is 27.1 Å². The van der Waals surface area contributed by atoms with Crippen LogP contribution in [-0.2, 0) is 11.3 Å². The summed E-state index contributed by atoms with van der Waals surface area (Å²) in [5.74, 6) is 0. The quantitative estimate of drug-likeness (QED) is 0.484. The fourth-order valence-electron chi connectivity index (χ4n) is 3.00. The number of nitrogens with zero attached hydrogens (tertiary/aromatic N) is 2. The number of hydrogen-bond acceptors (Lipinski definition) is 2. The molecule has 0 aliphatic carbocycles. The molecule has 0 saturated heterocycles. The van der Waals surface area contributed by atoms with Gasteiger partial charge in [-0.3, -0.25) is 0 Å². The molecule has 0 bridgehead atoms. The van der Waals surface area contributed by atoms with Crippen molar-refractivity contribution in [2.24, 2.45) is 0 Å². The van der Waals surface area contributed by atoms with Crippen molar-refractivity contribution >= 4 is 0 Å². The number of hydrogen-bond donors (Lipinski definition) is 0. The van der Waals surface area contributed by atoms with Crippen molar-refractivity contribution in [1.29, 1.82) is 0 Å². The molecule has 0 aliphatic heterocycles. The molecule has 0 aliphatic rings. The largest absolute Gasteiger partial charge is 0.364 e. The summed E-state index contributed by atoms with van der Waals surface area (Å²) < 4.78 is 8.30. The zero-order valence-electron chi connectivity index (χ0n) is 14.4. The maximum absolute atomic E-state index is 6.31. The van der Waals surface area contributed by atoms with E-state index in [1.165, 1.54) is 5.56 Å². The number of ether oxygens (including phenoxy) is 1. The molecule has 3 nitrogen and oxygen atoms in total. The lowest BCUT2D eigenvalue weighted by Crippen LogP contribution is -2.07. The number of benzene rings is 3. The summed E-state index contributed by atoms with van der Waals surface area (Å²) in [7, 11) is 0. The van der Waals surface area contributed by atoms with Gasteiger partial charge in [0.2, 0.25) is 0 Å². The van der Waals surface area contributed by atoms with Gasteiger partial charge in [0, 0.05) is 18.1 Å². The van der Waals surface area contributed by atoms with Crippen molar-refractivity contribution in [3.8, 4) is 5.69 Å². The molecule has 1 unspecified atom stereocenters. The number of aromatic nitrogens is 2. The van der Waals surface area contributed by atoms with Crippen LogP contribution in [0.15, 0.2) is 104 Å².